The molecule has 0 N–H and O–H groups in total. The summed E-state index contributed by atoms with van der Waals surface area (Å²) in [6.07, 6.45) is -3.65. The van der Waals surface area contributed by atoms with Crippen molar-refractivity contribution in [1.29, 1.82) is 0 Å². The Morgan fingerprint density at radius 1 is 1.04 bits per heavy atom. The van der Waals surface area contributed by atoms with Crippen molar-refractivity contribution in [3.05, 3.63) is 29.8 Å². The molecule has 0 bridgehead atoms. The van der Waals surface area contributed by atoms with Crippen LogP contribution in [-0.4, -0.2) is 68.6 Å². The SMILES string of the molecule is O=C(c1ccc(S(=O)(=O)N2CCOCC2)cc1)N1CCCCC1C(F)(F)F. The van der Waals surface area contributed by atoms with E-state index in [-0.39, 0.29) is 36.5 Å². The number of rotatable bonds is 3. The van der Waals surface area contributed by atoms with Crippen molar-refractivity contribution in [2.24, 2.45) is 0 Å². The number of carbonyl (C=O) groups is 1. The quantitative estimate of drug-likeness (QED) is 0.772. The van der Waals surface area contributed by atoms with E-state index in [1.807, 2.05) is 0 Å². The standard InChI is InChI=1S/C17H21F3N2O4S/c18-17(19,20)15-3-1-2-8-22(15)16(23)13-4-6-14(7-5-13)27(24,25)21-9-11-26-12-10-21/h4-7,15H,1-3,8-12H2. The monoisotopic (exact) mass is 406 g/mol. The number of morpholine rings is 1. The van der Waals surface area contributed by atoms with Gasteiger partial charge in [-0.2, -0.15) is 17.5 Å². The number of sulfonamides is 1. The van der Waals surface area contributed by atoms with Crippen molar-refractivity contribution >= 4 is 15.9 Å². The molecular formula is C17H21F3N2O4S. The van der Waals surface area contributed by atoms with Crippen LogP contribution >= 0.6 is 0 Å². The van der Waals surface area contributed by atoms with E-state index in [9.17, 15) is 26.4 Å². The predicted molar refractivity (Wildman–Crippen MR) is 90.8 cm³/mol. The number of halogens is 3. The van der Waals surface area contributed by atoms with Crippen LogP contribution in [0, 0.1) is 0 Å². The summed E-state index contributed by atoms with van der Waals surface area (Å²) in [5.41, 5.74) is 0.0482. The fourth-order valence-electron chi connectivity index (χ4n) is 3.39. The highest BCUT2D eigenvalue weighted by Gasteiger charge is 2.46. The molecule has 1 unspecified atom stereocenters. The van der Waals surface area contributed by atoms with Gasteiger partial charge >= 0.3 is 6.18 Å². The van der Waals surface area contributed by atoms with E-state index < -0.39 is 28.1 Å². The molecule has 6 nitrogen and oxygen atoms in total. The molecule has 1 aromatic rings. The van der Waals surface area contributed by atoms with Crippen LogP contribution in [0.25, 0.3) is 0 Å². The van der Waals surface area contributed by atoms with Crippen LogP contribution in [0.3, 0.4) is 0 Å². The number of piperidine rings is 1. The van der Waals surface area contributed by atoms with Gasteiger partial charge in [0, 0.05) is 25.2 Å². The Morgan fingerprint density at radius 3 is 2.26 bits per heavy atom. The molecule has 10 heteroatoms. The number of benzene rings is 1. The average Bonchev–Trinajstić information content (AvgIpc) is 2.67. The van der Waals surface area contributed by atoms with Gasteiger partial charge in [-0.1, -0.05) is 0 Å². The fourth-order valence-corrected chi connectivity index (χ4v) is 4.79. The molecule has 1 atom stereocenters. The highest BCUT2D eigenvalue weighted by Crippen LogP contribution is 2.33. The van der Waals surface area contributed by atoms with Crippen LogP contribution in [0.15, 0.2) is 29.2 Å². The number of amides is 1. The Balaban J connectivity index is 1.79. The van der Waals surface area contributed by atoms with Crippen molar-refractivity contribution in [3.63, 3.8) is 0 Å². The third kappa shape index (κ3) is 4.27. The van der Waals surface area contributed by atoms with Crippen molar-refractivity contribution < 1.29 is 31.1 Å². The third-order valence-corrected chi connectivity index (χ3v) is 6.76. The van der Waals surface area contributed by atoms with E-state index in [0.717, 1.165) is 4.90 Å². The number of hydrogen-bond donors (Lipinski definition) is 0. The van der Waals surface area contributed by atoms with E-state index in [0.29, 0.717) is 26.1 Å². The molecule has 3 rings (SSSR count). The Morgan fingerprint density at radius 2 is 1.67 bits per heavy atom. The first-order valence-electron chi connectivity index (χ1n) is 8.77. The molecule has 0 saturated carbocycles. The minimum atomic E-state index is -4.48. The Kier molecular flexibility index (Phi) is 5.78. The fraction of sp³-hybridized carbons (Fsp3) is 0.588. The normalized spacial score (nSPS) is 22.6. The van der Waals surface area contributed by atoms with Crippen LogP contribution in [-0.2, 0) is 14.8 Å². The molecule has 1 aromatic carbocycles. The minimum Gasteiger partial charge on any atom is -0.379 e. The molecule has 0 aromatic heterocycles. The summed E-state index contributed by atoms with van der Waals surface area (Å²) < 4.78 is 71.2. The van der Waals surface area contributed by atoms with E-state index >= 15 is 0 Å². The summed E-state index contributed by atoms with van der Waals surface area (Å²) in [5.74, 6) is -0.729. The molecule has 2 aliphatic heterocycles. The smallest absolute Gasteiger partial charge is 0.379 e. The second-order valence-corrected chi connectivity index (χ2v) is 8.53. The van der Waals surface area contributed by atoms with E-state index in [4.69, 9.17) is 4.74 Å². The molecule has 150 valence electrons. The van der Waals surface area contributed by atoms with Crippen molar-refractivity contribution in [2.75, 3.05) is 32.8 Å². The second-order valence-electron chi connectivity index (χ2n) is 6.59. The van der Waals surface area contributed by atoms with Crippen LogP contribution in [0.1, 0.15) is 29.6 Å². The number of carbonyl (C=O) groups excluding carboxylic acids is 1. The van der Waals surface area contributed by atoms with Crippen LogP contribution < -0.4 is 0 Å². The lowest BCUT2D eigenvalue weighted by Crippen LogP contribution is -2.51. The lowest BCUT2D eigenvalue weighted by molar-refractivity contribution is -0.183. The largest absolute Gasteiger partial charge is 0.408 e. The maximum Gasteiger partial charge on any atom is 0.408 e. The van der Waals surface area contributed by atoms with E-state index in [1.165, 1.54) is 28.6 Å². The van der Waals surface area contributed by atoms with Gasteiger partial charge in [-0.15, -0.1) is 0 Å². The van der Waals surface area contributed by atoms with Gasteiger partial charge in [-0.25, -0.2) is 8.42 Å². The lowest BCUT2D eigenvalue weighted by Gasteiger charge is -2.36. The van der Waals surface area contributed by atoms with Crippen molar-refractivity contribution in [1.82, 2.24) is 9.21 Å². The molecule has 27 heavy (non-hydrogen) atoms. The second kappa shape index (κ2) is 7.76. The van der Waals surface area contributed by atoms with Gasteiger partial charge in [0.05, 0.1) is 18.1 Å². The Bertz CT molecular complexity index is 774. The Labute approximate surface area is 155 Å². The van der Waals surface area contributed by atoms with E-state index in [2.05, 4.69) is 0 Å². The van der Waals surface area contributed by atoms with Gasteiger partial charge in [0.1, 0.15) is 6.04 Å². The first-order chi connectivity index (χ1) is 12.7. The molecule has 0 radical (unpaired) electrons. The molecule has 2 aliphatic rings. The number of likely N-dealkylation sites (tertiary alicyclic amines) is 1. The Hall–Kier alpha value is -1.65. The first kappa shape index (κ1) is 20.1. The molecule has 0 spiro atoms. The van der Waals surface area contributed by atoms with Gasteiger partial charge in [-0.3, -0.25) is 4.79 Å². The maximum absolute atomic E-state index is 13.2. The zero-order valence-corrected chi connectivity index (χ0v) is 15.4. The minimum absolute atomic E-state index is 0.00645. The van der Waals surface area contributed by atoms with Gasteiger partial charge in [0.25, 0.3) is 5.91 Å². The van der Waals surface area contributed by atoms with Crippen molar-refractivity contribution in [2.45, 2.75) is 36.4 Å². The van der Waals surface area contributed by atoms with Gasteiger partial charge in [0.15, 0.2) is 0 Å². The van der Waals surface area contributed by atoms with Crippen LogP contribution in [0.2, 0.25) is 0 Å². The summed E-state index contributed by atoms with van der Waals surface area (Å²) in [6.45, 7) is 1.14. The van der Waals surface area contributed by atoms with Gasteiger partial charge in [0.2, 0.25) is 10.0 Å². The highest BCUT2D eigenvalue weighted by atomic mass is 32.2. The maximum atomic E-state index is 13.2. The van der Waals surface area contributed by atoms with Crippen LogP contribution in [0.5, 0.6) is 0 Å². The van der Waals surface area contributed by atoms with Crippen molar-refractivity contribution in [3.8, 4) is 0 Å². The molecule has 1 amide bonds. The number of hydrogen-bond acceptors (Lipinski definition) is 4. The zero-order valence-electron chi connectivity index (χ0n) is 14.6. The van der Waals surface area contributed by atoms with Crippen LogP contribution in [0.4, 0.5) is 13.2 Å². The molecular weight excluding hydrogens is 385 g/mol. The lowest BCUT2D eigenvalue weighted by atomic mass is 10.0. The first-order valence-corrected chi connectivity index (χ1v) is 10.2. The van der Waals surface area contributed by atoms with Gasteiger partial charge < -0.3 is 9.64 Å². The molecule has 2 saturated heterocycles. The number of ether oxygens (including phenoxy) is 1. The topological polar surface area (TPSA) is 66.9 Å². The summed E-state index contributed by atoms with van der Waals surface area (Å²) >= 11 is 0. The summed E-state index contributed by atoms with van der Waals surface area (Å²) in [5, 5.41) is 0. The number of alkyl halides is 3. The average molecular weight is 406 g/mol. The highest BCUT2D eigenvalue weighted by molar-refractivity contribution is 7.89. The molecule has 2 heterocycles. The summed E-state index contributed by atoms with van der Waals surface area (Å²) in [7, 11) is -3.71. The molecule has 0 aliphatic carbocycles. The van der Waals surface area contributed by atoms with Gasteiger partial charge in [-0.05, 0) is 43.5 Å². The van der Waals surface area contributed by atoms with E-state index in [1.54, 1.807) is 0 Å². The molecule has 2 fully saturated rings. The number of nitrogens with zero attached hydrogens (tertiary/aromatic N) is 2. The predicted octanol–water partition coefficient (Wildman–Crippen LogP) is 2.26. The zero-order chi connectivity index (χ0) is 19.7. The summed E-state index contributed by atoms with van der Waals surface area (Å²) in [4.78, 5) is 13.4. The summed E-state index contributed by atoms with van der Waals surface area (Å²) in [6, 6.07) is 3.29. The third-order valence-electron chi connectivity index (χ3n) is 4.85.